The van der Waals surface area contributed by atoms with Crippen LogP contribution >= 0.6 is 0 Å². The molecule has 1 saturated heterocycles. The van der Waals surface area contributed by atoms with E-state index in [0.29, 0.717) is 25.9 Å². The lowest BCUT2D eigenvalue weighted by Gasteiger charge is -2.28. The van der Waals surface area contributed by atoms with Gasteiger partial charge in [-0.15, -0.1) is 0 Å². The van der Waals surface area contributed by atoms with Crippen molar-refractivity contribution in [3.63, 3.8) is 0 Å². The summed E-state index contributed by atoms with van der Waals surface area (Å²) in [5.41, 5.74) is 2.50. The standard InChI is InChI=1S/C15H17NO2/c17-12-7-9-16(10-8-12)15(18)14-6-5-11-3-1-2-4-13(11)14/h1-4,14H,5-10H2. The van der Waals surface area contributed by atoms with Crippen LogP contribution in [-0.2, 0) is 16.0 Å². The van der Waals surface area contributed by atoms with Crippen molar-refractivity contribution in [2.45, 2.75) is 31.6 Å². The molecule has 3 nitrogen and oxygen atoms in total. The predicted molar refractivity (Wildman–Crippen MR) is 68.3 cm³/mol. The van der Waals surface area contributed by atoms with Crippen LogP contribution < -0.4 is 0 Å². The molecule has 1 fully saturated rings. The van der Waals surface area contributed by atoms with Crippen LogP contribution in [0, 0.1) is 0 Å². The number of carbonyl (C=O) groups excluding carboxylic acids is 2. The number of hydrogen-bond acceptors (Lipinski definition) is 2. The van der Waals surface area contributed by atoms with Crippen LogP contribution in [0.2, 0.25) is 0 Å². The Morgan fingerprint density at radius 3 is 2.61 bits per heavy atom. The number of nitrogens with zero attached hydrogens (tertiary/aromatic N) is 1. The Morgan fingerprint density at radius 2 is 1.83 bits per heavy atom. The highest BCUT2D eigenvalue weighted by Gasteiger charge is 2.32. The lowest BCUT2D eigenvalue weighted by atomic mass is 9.98. The predicted octanol–water partition coefficient (Wildman–Crippen LogP) is 1.91. The molecule has 0 aromatic heterocycles. The molecule has 94 valence electrons. The van der Waals surface area contributed by atoms with Crippen molar-refractivity contribution in [3.05, 3.63) is 35.4 Å². The van der Waals surface area contributed by atoms with E-state index in [-0.39, 0.29) is 17.6 Å². The SMILES string of the molecule is O=C1CCN(C(=O)C2CCc3ccccc32)CC1. The van der Waals surface area contributed by atoms with Crippen molar-refractivity contribution in [1.82, 2.24) is 4.90 Å². The molecule has 0 radical (unpaired) electrons. The highest BCUT2D eigenvalue weighted by molar-refractivity contribution is 5.87. The Bertz CT molecular complexity index is 485. The monoisotopic (exact) mass is 243 g/mol. The van der Waals surface area contributed by atoms with Crippen LogP contribution in [0.25, 0.3) is 0 Å². The molecule has 3 heteroatoms. The zero-order valence-corrected chi connectivity index (χ0v) is 10.4. The van der Waals surface area contributed by atoms with Gasteiger partial charge in [-0.1, -0.05) is 24.3 Å². The maximum absolute atomic E-state index is 12.5. The third-order valence-electron chi connectivity index (χ3n) is 4.06. The largest absolute Gasteiger partial charge is 0.341 e. The van der Waals surface area contributed by atoms with E-state index >= 15 is 0 Å². The number of piperidine rings is 1. The molecule has 0 saturated carbocycles. The summed E-state index contributed by atoms with van der Waals surface area (Å²) >= 11 is 0. The number of fused-ring (bicyclic) bond motifs is 1. The molecule has 1 unspecified atom stereocenters. The fraction of sp³-hybridized carbons (Fsp3) is 0.467. The van der Waals surface area contributed by atoms with Gasteiger partial charge in [0, 0.05) is 25.9 Å². The average molecular weight is 243 g/mol. The molecule has 1 aromatic rings. The van der Waals surface area contributed by atoms with Crippen LogP contribution in [0.3, 0.4) is 0 Å². The molecule has 0 spiro atoms. The Hall–Kier alpha value is -1.64. The minimum Gasteiger partial charge on any atom is -0.341 e. The van der Waals surface area contributed by atoms with Gasteiger partial charge in [0.1, 0.15) is 5.78 Å². The Labute approximate surface area is 107 Å². The zero-order valence-electron chi connectivity index (χ0n) is 10.4. The number of Topliss-reactive ketones (excluding diaryl/α,β-unsaturated/α-hetero) is 1. The topological polar surface area (TPSA) is 37.4 Å². The average Bonchev–Trinajstić information content (AvgIpc) is 2.82. The Morgan fingerprint density at radius 1 is 1.11 bits per heavy atom. The molecule has 0 N–H and O–H groups in total. The van der Waals surface area contributed by atoms with E-state index in [9.17, 15) is 9.59 Å². The van der Waals surface area contributed by atoms with Crippen molar-refractivity contribution >= 4 is 11.7 Å². The fourth-order valence-corrected chi connectivity index (χ4v) is 3.01. The maximum atomic E-state index is 12.5. The van der Waals surface area contributed by atoms with Crippen molar-refractivity contribution in [3.8, 4) is 0 Å². The van der Waals surface area contributed by atoms with E-state index in [4.69, 9.17) is 0 Å². The quantitative estimate of drug-likeness (QED) is 0.755. The molecule has 3 rings (SSSR count). The summed E-state index contributed by atoms with van der Waals surface area (Å²) in [7, 11) is 0. The number of likely N-dealkylation sites (tertiary alicyclic amines) is 1. The number of rotatable bonds is 1. The third-order valence-corrected chi connectivity index (χ3v) is 4.06. The Balaban J connectivity index is 1.76. The van der Waals surface area contributed by atoms with Gasteiger partial charge in [0.15, 0.2) is 0 Å². The first kappa shape index (κ1) is 11.5. The second-order valence-corrected chi connectivity index (χ2v) is 5.15. The van der Waals surface area contributed by atoms with E-state index in [1.165, 1.54) is 11.1 Å². The van der Waals surface area contributed by atoms with Gasteiger partial charge < -0.3 is 4.90 Å². The summed E-state index contributed by atoms with van der Waals surface area (Å²) in [6.45, 7) is 1.21. The summed E-state index contributed by atoms with van der Waals surface area (Å²) < 4.78 is 0. The summed E-state index contributed by atoms with van der Waals surface area (Å²) in [6.07, 6.45) is 2.97. The number of carbonyl (C=O) groups is 2. The molecule has 1 atom stereocenters. The zero-order chi connectivity index (χ0) is 12.5. The summed E-state index contributed by atoms with van der Waals surface area (Å²) in [5, 5.41) is 0. The second kappa shape index (κ2) is 4.56. The first-order valence-electron chi connectivity index (χ1n) is 6.64. The van der Waals surface area contributed by atoms with Crippen molar-refractivity contribution in [2.75, 3.05) is 13.1 Å². The smallest absolute Gasteiger partial charge is 0.230 e. The fourth-order valence-electron chi connectivity index (χ4n) is 3.01. The van der Waals surface area contributed by atoms with Gasteiger partial charge in [-0.05, 0) is 24.0 Å². The molecule has 1 aromatic carbocycles. The van der Waals surface area contributed by atoms with Gasteiger partial charge in [-0.25, -0.2) is 0 Å². The van der Waals surface area contributed by atoms with Crippen LogP contribution in [0.4, 0.5) is 0 Å². The first-order valence-corrected chi connectivity index (χ1v) is 6.64. The minimum absolute atomic E-state index is 0.0226. The number of amides is 1. The molecule has 1 heterocycles. The number of hydrogen-bond donors (Lipinski definition) is 0. The van der Waals surface area contributed by atoms with Gasteiger partial charge in [0.2, 0.25) is 5.91 Å². The summed E-state index contributed by atoms with van der Waals surface area (Å²) in [5.74, 6) is 0.521. The van der Waals surface area contributed by atoms with Crippen LogP contribution in [0.1, 0.15) is 36.3 Å². The Kier molecular flexibility index (Phi) is 2.90. The van der Waals surface area contributed by atoms with Crippen molar-refractivity contribution in [2.24, 2.45) is 0 Å². The van der Waals surface area contributed by atoms with Gasteiger partial charge >= 0.3 is 0 Å². The minimum atomic E-state index is 0.0226. The van der Waals surface area contributed by atoms with E-state index in [0.717, 1.165) is 12.8 Å². The van der Waals surface area contributed by atoms with Crippen LogP contribution in [0.5, 0.6) is 0 Å². The number of aryl methyl sites for hydroxylation is 1. The van der Waals surface area contributed by atoms with E-state index in [1.54, 1.807) is 0 Å². The molecule has 1 amide bonds. The second-order valence-electron chi connectivity index (χ2n) is 5.15. The van der Waals surface area contributed by atoms with Gasteiger partial charge in [-0.2, -0.15) is 0 Å². The highest BCUT2D eigenvalue weighted by atomic mass is 16.2. The lowest BCUT2D eigenvalue weighted by molar-refractivity contribution is -0.135. The van der Waals surface area contributed by atoms with Gasteiger partial charge in [0.25, 0.3) is 0 Å². The van der Waals surface area contributed by atoms with Gasteiger partial charge in [-0.3, -0.25) is 9.59 Å². The molecule has 18 heavy (non-hydrogen) atoms. The van der Waals surface area contributed by atoms with E-state index in [1.807, 2.05) is 17.0 Å². The van der Waals surface area contributed by atoms with Crippen LogP contribution in [0.15, 0.2) is 24.3 Å². The van der Waals surface area contributed by atoms with E-state index in [2.05, 4.69) is 12.1 Å². The van der Waals surface area contributed by atoms with Crippen molar-refractivity contribution < 1.29 is 9.59 Å². The van der Waals surface area contributed by atoms with Crippen LogP contribution in [-0.4, -0.2) is 29.7 Å². The molecular formula is C15H17NO2. The molecule has 0 bridgehead atoms. The van der Waals surface area contributed by atoms with Gasteiger partial charge in [0.05, 0.1) is 5.92 Å². The van der Waals surface area contributed by atoms with Crippen molar-refractivity contribution in [1.29, 1.82) is 0 Å². The number of ketones is 1. The maximum Gasteiger partial charge on any atom is 0.230 e. The summed E-state index contributed by atoms with van der Waals surface area (Å²) in [4.78, 5) is 25.6. The first-order chi connectivity index (χ1) is 8.75. The number of benzene rings is 1. The van der Waals surface area contributed by atoms with E-state index < -0.39 is 0 Å². The molecular weight excluding hydrogens is 226 g/mol. The summed E-state index contributed by atoms with van der Waals surface area (Å²) in [6, 6.07) is 8.22. The molecule has 1 aliphatic heterocycles. The third kappa shape index (κ3) is 1.94. The highest BCUT2D eigenvalue weighted by Crippen LogP contribution is 2.34. The molecule has 2 aliphatic rings. The lowest BCUT2D eigenvalue weighted by Crippen LogP contribution is -2.40. The normalized spacial score (nSPS) is 23.0. The molecule has 1 aliphatic carbocycles.